The van der Waals surface area contributed by atoms with E-state index in [9.17, 15) is 10.1 Å². The molecule has 0 aliphatic heterocycles. The molecule has 0 aromatic heterocycles. The maximum Gasteiger partial charge on any atom is 0.207 e. The Balaban J connectivity index is 2.43. The van der Waals surface area contributed by atoms with Crippen LogP contribution in [-0.4, -0.2) is 12.9 Å². The lowest BCUT2D eigenvalue weighted by atomic mass is 10.0. The highest BCUT2D eigenvalue weighted by Gasteiger charge is 2.16. The van der Waals surface area contributed by atoms with Crippen molar-refractivity contribution < 1.29 is 9.53 Å². The van der Waals surface area contributed by atoms with Gasteiger partial charge in [0.15, 0.2) is 0 Å². The summed E-state index contributed by atoms with van der Waals surface area (Å²) in [6.07, 6.45) is 1.47. The predicted molar refractivity (Wildman–Crippen MR) is 87.4 cm³/mol. The number of methoxy groups -OCH3 is 1. The fourth-order valence-corrected chi connectivity index (χ4v) is 2.20. The Hall–Kier alpha value is -2.28. The molecule has 0 spiro atoms. The molecule has 2 aromatic rings. The lowest BCUT2D eigenvalue weighted by Crippen LogP contribution is -2.04. The fraction of sp³-hybridized carbons (Fsp3) is 0.0588. The molecule has 0 radical (unpaired) electrons. The number of carbonyl (C=O) groups excluding carboxylic acids is 1. The summed E-state index contributed by atoms with van der Waals surface area (Å²) in [4.78, 5) is 12.5. The highest BCUT2D eigenvalue weighted by molar-refractivity contribution is 6.42. The molecule has 3 nitrogen and oxygen atoms in total. The molecule has 0 fully saturated rings. The molecule has 22 heavy (non-hydrogen) atoms. The van der Waals surface area contributed by atoms with Crippen molar-refractivity contribution in [1.29, 1.82) is 5.26 Å². The summed E-state index contributed by atoms with van der Waals surface area (Å²) in [6, 6.07) is 13.5. The maximum absolute atomic E-state index is 12.5. The number of rotatable bonds is 4. The van der Waals surface area contributed by atoms with Crippen molar-refractivity contribution in [3.8, 4) is 11.8 Å². The molecule has 0 saturated heterocycles. The fourth-order valence-electron chi connectivity index (χ4n) is 1.89. The van der Waals surface area contributed by atoms with Crippen LogP contribution in [0.2, 0.25) is 10.0 Å². The first-order valence-electron chi connectivity index (χ1n) is 6.31. The largest absolute Gasteiger partial charge is 0.496 e. The second-order valence-corrected chi connectivity index (χ2v) is 5.19. The molecule has 2 aromatic carbocycles. The number of benzene rings is 2. The van der Waals surface area contributed by atoms with Crippen molar-refractivity contribution in [2.75, 3.05) is 7.11 Å². The predicted octanol–water partition coefficient (Wildman–Crippen LogP) is 4.79. The molecule has 5 heteroatoms. The van der Waals surface area contributed by atoms with Crippen LogP contribution in [0.4, 0.5) is 0 Å². The first kappa shape index (κ1) is 16.1. The molecule has 0 saturated carbocycles. The normalized spacial score (nSPS) is 10.9. The minimum absolute atomic E-state index is 0.0112. The van der Waals surface area contributed by atoms with Gasteiger partial charge in [-0.05, 0) is 35.9 Å². The monoisotopic (exact) mass is 331 g/mol. The Morgan fingerprint density at radius 2 is 1.91 bits per heavy atom. The Morgan fingerprint density at radius 3 is 2.55 bits per heavy atom. The highest BCUT2D eigenvalue weighted by Crippen LogP contribution is 2.25. The third-order valence-corrected chi connectivity index (χ3v) is 3.71. The number of hydrogen-bond acceptors (Lipinski definition) is 3. The van der Waals surface area contributed by atoms with Gasteiger partial charge in [0.1, 0.15) is 17.4 Å². The van der Waals surface area contributed by atoms with Gasteiger partial charge in [0.05, 0.1) is 22.7 Å². The van der Waals surface area contributed by atoms with Crippen molar-refractivity contribution in [3.05, 3.63) is 69.2 Å². The van der Waals surface area contributed by atoms with Crippen LogP contribution < -0.4 is 4.74 Å². The Bertz CT molecular complexity index is 791. The van der Waals surface area contributed by atoms with E-state index in [0.717, 1.165) is 0 Å². The maximum atomic E-state index is 12.5. The zero-order chi connectivity index (χ0) is 16.1. The van der Waals surface area contributed by atoms with E-state index in [1.54, 1.807) is 42.5 Å². The van der Waals surface area contributed by atoms with Gasteiger partial charge in [0, 0.05) is 0 Å². The number of ketones is 1. The van der Waals surface area contributed by atoms with E-state index in [2.05, 4.69) is 0 Å². The van der Waals surface area contributed by atoms with Gasteiger partial charge in [-0.15, -0.1) is 0 Å². The molecule has 0 bridgehead atoms. The van der Waals surface area contributed by atoms with Gasteiger partial charge in [-0.1, -0.05) is 41.4 Å². The lowest BCUT2D eigenvalue weighted by molar-refractivity contribution is 0.103. The molecule has 0 aliphatic carbocycles. The summed E-state index contributed by atoms with van der Waals surface area (Å²) in [5, 5.41) is 10.0. The third-order valence-electron chi connectivity index (χ3n) is 2.97. The molecule has 0 atom stereocenters. The number of halogens is 2. The number of nitriles is 1. The van der Waals surface area contributed by atoms with Gasteiger partial charge in [-0.2, -0.15) is 5.26 Å². The summed E-state index contributed by atoms with van der Waals surface area (Å²) >= 11 is 11.8. The number of para-hydroxylation sites is 1. The number of carbonyl (C=O) groups is 1. The van der Waals surface area contributed by atoms with Gasteiger partial charge < -0.3 is 4.74 Å². The summed E-state index contributed by atoms with van der Waals surface area (Å²) < 4.78 is 5.15. The second-order valence-electron chi connectivity index (χ2n) is 4.37. The molecule has 0 unspecified atom stereocenters. The van der Waals surface area contributed by atoms with Crippen molar-refractivity contribution in [1.82, 2.24) is 0 Å². The summed E-state index contributed by atoms with van der Waals surface area (Å²) in [6.45, 7) is 0. The lowest BCUT2D eigenvalue weighted by Gasteiger charge is -2.06. The average molecular weight is 332 g/mol. The van der Waals surface area contributed by atoms with E-state index < -0.39 is 5.78 Å². The van der Waals surface area contributed by atoms with Crippen LogP contribution in [0, 0.1) is 11.3 Å². The third kappa shape index (κ3) is 3.48. The topological polar surface area (TPSA) is 50.1 Å². The van der Waals surface area contributed by atoms with E-state index in [0.29, 0.717) is 26.9 Å². The van der Waals surface area contributed by atoms with Crippen LogP contribution in [0.25, 0.3) is 6.08 Å². The molecular formula is C17H11Cl2NO2. The highest BCUT2D eigenvalue weighted by atomic mass is 35.5. The van der Waals surface area contributed by atoms with Gasteiger partial charge in [0.25, 0.3) is 0 Å². The van der Waals surface area contributed by atoms with E-state index >= 15 is 0 Å². The standard InChI is InChI=1S/C17H11Cl2NO2/c1-22-16-5-3-2-4-13(16)17(21)12(10-20)8-11-6-7-14(18)15(19)9-11/h2-9H,1H3/b12-8+. The van der Waals surface area contributed by atoms with Gasteiger partial charge in [-0.25, -0.2) is 0 Å². The zero-order valence-electron chi connectivity index (χ0n) is 11.6. The SMILES string of the molecule is COc1ccccc1C(=O)/C(C#N)=C/c1ccc(Cl)c(Cl)c1. The number of nitrogens with zero attached hydrogens (tertiary/aromatic N) is 1. The van der Waals surface area contributed by atoms with Crippen molar-refractivity contribution in [2.45, 2.75) is 0 Å². The molecule has 110 valence electrons. The minimum atomic E-state index is -0.411. The first-order chi connectivity index (χ1) is 10.6. The Kier molecular flexibility index (Phi) is 5.21. The minimum Gasteiger partial charge on any atom is -0.496 e. The van der Waals surface area contributed by atoms with Gasteiger partial charge in [-0.3, -0.25) is 4.79 Å². The van der Waals surface area contributed by atoms with Crippen LogP contribution in [0.1, 0.15) is 15.9 Å². The van der Waals surface area contributed by atoms with Crippen molar-refractivity contribution >= 4 is 35.1 Å². The van der Waals surface area contributed by atoms with Gasteiger partial charge >= 0.3 is 0 Å². The van der Waals surface area contributed by atoms with Crippen LogP contribution in [0.3, 0.4) is 0 Å². The summed E-state index contributed by atoms with van der Waals surface area (Å²) in [7, 11) is 1.47. The summed E-state index contributed by atoms with van der Waals surface area (Å²) in [5.41, 5.74) is 0.940. The molecule has 2 rings (SSSR count). The smallest absolute Gasteiger partial charge is 0.207 e. The number of allylic oxidation sites excluding steroid dienone is 1. The van der Waals surface area contributed by atoms with Gasteiger partial charge in [0.2, 0.25) is 5.78 Å². The van der Waals surface area contributed by atoms with Crippen LogP contribution in [-0.2, 0) is 0 Å². The quantitative estimate of drug-likeness (QED) is 0.459. The van der Waals surface area contributed by atoms with Crippen molar-refractivity contribution in [3.63, 3.8) is 0 Å². The molecular weight excluding hydrogens is 321 g/mol. The van der Waals surface area contributed by atoms with E-state index in [1.807, 2.05) is 6.07 Å². The van der Waals surface area contributed by atoms with Crippen molar-refractivity contribution in [2.24, 2.45) is 0 Å². The average Bonchev–Trinajstić information content (AvgIpc) is 2.55. The summed E-state index contributed by atoms with van der Waals surface area (Å²) in [5.74, 6) is 0.00816. The van der Waals surface area contributed by atoms with Crippen LogP contribution in [0.5, 0.6) is 5.75 Å². The Morgan fingerprint density at radius 1 is 1.18 bits per heavy atom. The number of Topliss-reactive ketones (excluding diaryl/α,β-unsaturated/α-hetero) is 1. The van der Waals surface area contributed by atoms with Crippen LogP contribution in [0.15, 0.2) is 48.0 Å². The molecule has 0 heterocycles. The van der Waals surface area contributed by atoms with E-state index in [-0.39, 0.29) is 5.57 Å². The Labute approximate surface area is 138 Å². The van der Waals surface area contributed by atoms with E-state index in [4.69, 9.17) is 27.9 Å². The second kappa shape index (κ2) is 7.13. The molecule has 0 N–H and O–H groups in total. The van der Waals surface area contributed by atoms with Crippen LogP contribution >= 0.6 is 23.2 Å². The van der Waals surface area contributed by atoms with E-state index in [1.165, 1.54) is 13.2 Å². The zero-order valence-corrected chi connectivity index (χ0v) is 13.2. The molecule has 0 aliphatic rings. The first-order valence-corrected chi connectivity index (χ1v) is 7.07. The number of hydrogen-bond donors (Lipinski definition) is 0. The molecule has 0 amide bonds. The number of ether oxygens (including phenoxy) is 1.